The number of anilines is 1. The van der Waals surface area contributed by atoms with E-state index >= 15 is 0 Å². The van der Waals surface area contributed by atoms with E-state index in [0.717, 1.165) is 27.4 Å². The molecule has 1 aliphatic heterocycles. The number of thiazole rings is 1. The molecule has 0 aliphatic carbocycles. The minimum Gasteiger partial charge on any atom is -0.507 e. The highest BCUT2D eigenvalue weighted by molar-refractivity contribution is 9.10. The van der Waals surface area contributed by atoms with Crippen molar-refractivity contribution in [1.82, 2.24) is 4.98 Å². The molecule has 4 aromatic rings. The molecule has 0 saturated carbocycles. The second kappa shape index (κ2) is 12.5. The molecule has 3 aromatic carbocycles. The van der Waals surface area contributed by atoms with Crippen LogP contribution >= 0.6 is 27.3 Å². The van der Waals surface area contributed by atoms with Gasteiger partial charge in [-0.05, 0) is 77.3 Å². The quantitative estimate of drug-likeness (QED) is 0.0962. The van der Waals surface area contributed by atoms with Crippen LogP contribution in [0.3, 0.4) is 0 Å². The highest BCUT2D eigenvalue weighted by Gasteiger charge is 2.49. The number of aliphatic hydroxyl groups is 1. The molecule has 226 valence electrons. The third-order valence-electron chi connectivity index (χ3n) is 7.01. The second-order valence-electron chi connectivity index (χ2n) is 9.93. The van der Waals surface area contributed by atoms with E-state index in [2.05, 4.69) is 20.9 Å². The minimum atomic E-state index is -1.19. The predicted octanol–water partition coefficient (Wildman–Crippen LogP) is 6.23. The third kappa shape index (κ3) is 5.78. The molecule has 1 aliphatic rings. The number of phenols is 1. The number of aromatic nitrogens is 1. The molecule has 1 aromatic heterocycles. The first-order chi connectivity index (χ1) is 21.0. The Bertz CT molecular complexity index is 1820. The second-order valence-corrected chi connectivity index (χ2v) is 11.8. The number of halogens is 1. The summed E-state index contributed by atoms with van der Waals surface area (Å²) in [6, 6.07) is 16.2. The molecule has 0 bridgehead atoms. The number of ketones is 1. The number of ether oxygens (including phenoxy) is 3. The Morgan fingerprint density at radius 2 is 1.80 bits per heavy atom. The number of amides is 1. The van der Waals surface area contributed by atoms with Gasteiger partial charge >= 0.3 is 11.9 Å². The molecule has 0 spiro atoms. The average Bonchev–Trinajstić information content (AvgIpc) is 3.52. The Hall–Kier alpha value is -4.68. The summed E-state index contributed by atoms with van der Waals surface area (Å²) in [5.74, 6) is -2.55. The van der Waals surface area contributed by atoms with Crippen molar-refractivity contribution in [2.24, 2.45) is 0 Å². The number of Topliss-reactive ketones (excluding diaryl/α,β-unsaturated/α-hetero) is 1. The number of hydrogen-bond acceptors (Lipinski definition) is 10. The number of aliphatic hydroxyl groups excluding tert-OH is 1. The van der Waals surface area contributed by atoms with Crippen LogP contribution in [0.25, 0.3) is 5.76 Å². The van der Waals surface area contributed by atoms with E-state index in [1.165, 1.54) is 26.4 Å². The normalized spacial score (nSPS) is 15.8. The van der Waals surface area contributed by atoms with Crippen molar-refractivity contribution in [3.63, 3.8) is 0 Å². The van der Waals surface area contributed by atoms with Gasteiger partial charge in [0, 0.05) is 5.56 Å². The summed E-state index contributed by atoms with van der Waals surface area (Å²) in [5.41, 5.74) is 2.81. The van der Waals surface area contributed by atoms with Gasteiger partial charge in [0.2, 0.25) is 0 Å². The van der Waals surface area contributed by atoms with Crippen LogP contribution in [-0.2, 0) is 20.9 Å². The van der Waals surface area contributed by atoms with Crippen molar-refractivity contribution in [3.8, 4) is 17.2 Å². The topological polar surface area (TPSA) is 135 Å². The number of esters is 1. The van der Waals surface area contributed by atoms with E-state index in [9.17, 15) is 24.6 Å². The Labute approximate surface area is 265 Å². The fraction of sp³-hybridized carbons (Fsp3) is 0.188. The summed E-state index contributed by atoms with van der Waals surface area (Å²) >= 11 is 4.18. The van der Waals surface area contributed by atoms with Gasteiger partial charge in [-0.2, -0.15) is 0 Å². The third-order valence-corrected chi connectivity index (χ3v) is 8.75. The number of carbonyl (C=O) groups is 3. The lowest BCUT2D eigenvalue weighted by Crippen LogP contribution is -2.29. The molecule has 44 heavy (non-hydrogen) atoms. The molecule has 5 rings (SSSR count). The van der Waals surface area contributed by atoms with Crippen LogP contribution in [0.15, 0.2) is 70.7 Å². The van der Waals surface area contributed by atoms with Gasteiger partial charge in [-0.3, -0.25) is 14.5 Å². The summed E-state index contributed by atoms with van der Waals surface area (Å²) in [6.07, 6.45) is 0. The van der Waals surface area contributed by atoms with Gasteiger partial charge in [0.15, 0.2) is 16.6 Å². The monoisotopic (exact) mass is 678 g/mol. The van der Waals surface area contributed by atoms with Gasteiger partial charge < -0.3 is 24.4 Å². The number of rotatable bonds is 8. The summed E-state index contributed by atoms with van der Waals surface area (Å²) in [7, 11) is 2.59. The first kappa shape index (κ1) is 30.8. The molecule has 1 fully saturated rings. The van der Waals surface area contributed by atoms with E-state index < -0.39 is 29.5 Å². The van der Waals surface area contributed by atoms with Crippen molar-refractivity contribution in [2.75, 3.05) is 19.1 Å². The van der Waals surface area contributed by atoms with Gasteiger partial charge in [0.1, 0.15) is 23.0 Å². The van der Waals surface area contributed by atoms with Gasteiger partial charge in [-0.15, -0.1) is 0 Å². The molecular weight excluding hydrogens is 652 g/mol. The number of phenolic OH excluding ortho intramolecular Hbond substituents is 1. The zero-order valence-electron chi connectivity index (χ0n) is 24.1. The minimum absolute atomic E-state index is 0.0529. The molecule has 1 unspecified atom stereocenters. The lowest BCUT2D eigenvalue weighted by Gasteiger charge is -2.24. The Morgan fingerprint density at radius 1 is 1.07 bits per heavy atom. The van der Waals surface area contributed by atoms with Gasteiger partial charge in [-0.25, -0.2) is 9.78 Å². The summed E-state index contributed by atoms with van der Waals surface area (Å²) in [5, 5.41) is 22.0. The number of benzene rings is 3. The van der Waals surface area contributed by atoms with Crippen LogP contribution in [-0.4, -0.2) is 47.1 Å². The molecule has 2 N–H and O–H groups in total. The van der Waals surface area contributed by atoms with Crippen LogP contribution in [0.4, 0.5) is 5.13 Å². The van der Waals surface area contributed by atoms with Crippen LogP contribution in [0.2, 0.25) is 0 Å². The largest absolute Gasteiger partial charge is 0.507 e. The standard InChI is InChI=1S/C32H27BrN2O8S/c1-16-6-5-7-18(12-16)15-43-21-10-8-19(9-11-21)26(36)24-25(20-13-22(33)27(37)23(14-20)41-3)35(30(39)28(24)38)32-34-17(2)29(44-32)31(40)42-4/h5-14,25,36-37H,15H2,1-4H3. The van der Waals surface area contributed by atoms with Crippen LogP contribution in [0.5, 0.6) is 17.2 Å². The molecule has 1 atom stereocenters. The predicted molar refractivity (Wildman–Crippen MR) is 167 cm³/mol. The molecule has 10 nitrogen and oxygen atoms in total. The maximum Gasteiger partial charge on any atom is 0.350 e. The lowest BCUT2D eigenvalue weighted by molar-refractivity contribution is -0.132. The highest BCUT2D eigenvalue weighted by atomic mass is 79.9. The fourth-order valence-electron chi connectivity index (χ4n) is 4.85. The van der Waals surface area contributed by atoms with Crippen LogP contribution in [0.1, 0.15) is 43.7 Å². The van der Waals surface area contributed by atoms with Crippen LogP contribution in [0, 0.1) is 13.8 Å². The molecular formula is C32H27BrN2O8S. The average molecular weight is 680 g/mol. The number of hydrogen-bond donors (Lipinski definition) is 2. The smallest absolute Gasteiger partial charge is 0.350 e. The van der Waals surface area contributed by atoms with Crippen LogP contribution < -0.4 is 14.4 Å². The maximum absolute atomic E-state index is 13.6. The number of aryl methyl sites for hydroxylation is 2. The summed E-state index contributed by atoms with van der Waals surface area (Å²) in [4.78, 5) is 45.2. The SMILES string of the molecule is COC(=O)c1sc(N2C(=O)C(=O)C(=C(O)c3ccc(OCc4cccc(C)c4)cc3)C2c2cc(Br)c(O)c(OC)c2)nc1C. The summed E-state index contributed by atoms with van der Waals surface area (Å²) in [6.45, 7) is 3.93. The molecule has 2 heterocycles. The summed E-state index contributed by atoms with van der Waals surface area (Å²) < 4.78 is 16.3. The number of carbonyl (C=O) groups excluding carboxylic acids is 3. The first-order valence-electron chi connectivity index (χ1n) is 13.3. The van der Waals surface area contributed by atoms with Gasteiger partial charge in [-0.1, -0.05) is 41.2 Å². The maximum atomic E-state index is 13.6. The highest BCUT2D eigenvalue weighted by Crippen LogP contribution is 2.47. The molecule has 1 saturated heterocycles. The first-order valence-corrected chi connectivity index (χ1v) is 14.9. The zero-order valence-corrected chi connectivity index (χ0v) is 26.5. The number of nitrogens with zero attached hydrogens (tertiary/aromatic N) is 2. The van der Waals surface area contributed by atoms with Gasteiger partial charge in [0.05, 0.1) is 36.0 Å². The van der Waals surface area contributed by atoms with Crippen molar-refractivity contribution < 1.29 is 38.8 Å². The van der Waals surface area contributed by atoms with E-state index in [1.807, 2.05) is 31.2 Å². The molecule has 1 amide bonds. The zero-order chi connectivity index (χ0) is 31.7. The van der Waals surface area contributed by atoms with E-state index in [4.69, 9.17) is 14.2 Å². The van der Waals surface area contributed by atoms with Crippen molar-refractivity contribution in [2.45, 2.75) is 26.5 Å². The van der Waals surface area contributed by atoms with Crippen molar-refractivity contribution in [3.05, 3.63) is 104 Å². The van der Waals surface area contributed by atoms with Crippen molar-refractivity contribution >= 4 is 55.8 Å². The van der Waals surface area contributed by atoms with Gasteiger partial charge in [0.25, 0.3) is 5.78 Å². The number of aromatic hydroxyl groups is 1. The Balaban J connectivity index is 1.59. The van der Waals surface area contributed by atoms with E-state index in [0.29, 0.717) is 23.6 Å². The van der Waals surface area contributed by atoms with Crippen molar-refractivity contribution in [1.29, 1.82) is 0 Å². The lowest BCUT2D eigenvalue weighted by atomic mass is 9.95. The van der Waals surface area contributed by atoms with E-state index in [1.54, 1.807) is 31.2 Å². The molecule has 0 radical (unpaired) electrons. The molecule has 12 heteroatoms. The Morgan fingerprint density at radius 3 is 2.45 bits per heavy atom. The fourth-order valence-corrected chi connectivity index (χ4v) is 6.32. The number of methoxy groups -OCH3 is 2. The Kier molecular flexibility index (Phi) is 8.75. The van der Waals surface area contributed by atoms with E-state index in [-0.39, 0.29) is 37.1 Å².